The van der Waals surface area contributed by atoms with Crippen LogP contribution in [0.3, 0.4) is 0 Å². The quantitative estimate of drug-likeness (QED) is 0.203. The fourth-order valence-corrected chi connectivity index (χ4v) is 4.47. The number of halogens is 2. The number of aromatic nitrogens is 1. The molecule has 3 aromatic rings. The summed E-state index contributed by atoms with van der Waals surface area (Å²) < 4.78 is 20.2. The van der Waals surface area contributed by atoms with E-state index in [1.807, 2.05) is 6.92 Å². The van der Waals surface area contributed by atoms with E-state index in [0.29, 0.717) is 27.9 Å². The molecule has 0 atom stereocenters. The topological polar surface area (TPSA) is 153 Å². The summed E-state index contributed by atoms with van der Waals surface area (Å²) in [4.78, 5) is 40.2. The van der Waals surface area contributed by atoms with Crippen LogP contribution in [-0.2, 0) is 13.2 Å². The van der Waals surface area contributed by atoms with Crippen LogP contribution in [0.15, 0.2) is 41.2 Å². The van der Waals surface area contributed by atoms with Gasteiger partial charge in [-0.15, -0.1) is 0 Å². The summed E-state index contributed by atoms with van der Waals surface area (Å²) in [5.41, 5.74) is 2.96. The third-order valence-corrected chi connectivity index (χ3v) is 7.08. The van der Waals surface area contributed by atoms with Crippen LogP contribution in [0.2, 0.25) is 5.02 Å². The Labute approximate surface area is 240 Å². The van der Waals surface area contributed by atoms with Crippen LogP contribution in [0.1, 0.15) is 45.6 Å². The molecule has 41 heavy (non-hydrogen) atoms. The summed E-state index contributed by atoms with van der Waals surface area (Å²) in [6.45, 7) is 2.60. The molecular formula is C29H32ClFN4O6. The summed E-state index contributed by atoms with van der Waals surface area (Å²) in [6.07, 6.45) is 1.87. The van der Waals surface area contributed by atoms with Crippen LogP contribution in [0.5, 0.6) is 5.75 Å². The number of hydrogen-bond acceptors (Lipinski definition) is 6. The fourth-order valence-electron chi connectivity index (χ4n) is 4.27. The summed E-state index contributed by atoms with van der Waals surface area (Å²) >= 11 is 6.44. The number of aryl methyl sites for hydroxylation is 2. The Bertz CT molecular complexity index is 1500. The van der Waals surface area contributed by atoms with Gasteiger partial charge in [0, 0.05) is 29.4 Å². The summed E-state index contributed by atoms with van der Waals surface area (Å²) in [7, 11) is 0. The van der Waals surface area contributed by atoms with E-state index in [4.69, 9.17) is 16.3 Å². The molecule has 1 aliphatic rings. The molecule has 1 fully saturated rings. The van der Waals surface area contributed by atoms with Crippen LogP contribution in [0, 0.1) is 19.7 Å². The van der Waals surface area contributed by atoms with Crippen molar-refractivity contribution in [1.29, 1.82) is 0 Å². The number of carbonyl (C=O) groups is 2. The molecule has 1 saturated carbocycles. The lowest BCUT2D eigenvalue weighted by molar-refractivity contribution is 0.0879. The molecule has 4 rings (SSSR count). The number of nitrogens with one attached hydrogen (secondary N) is 4. The maximum absolute atomic E-state index is 14.1. The van der Waals surface area contributed by atoms with Gasteiger partial charge in [-0.2, -0.15) is 0 Å². The predicted molar refractivity (Wildman–Crippen MR) is 152 cm³/mol. The van der Waals surface area contributed by atoms with Crippen molar-refractivity contribution < 1.29 is 28.9 Å². The van der Waals surface area contributed by atoms with E-state index >= 15 is 0 Å². The Hall–Kier alpha value is -3.93. The number of ether oxygens (including phenoxy) is 1. The fraction of sp³-hybridized carbons (Fsp3) is 0.345. The molecule has 6 N–H and O–H groups in total. The van der Waals surface area contributed by atoms with E-state index in [1.165, 1.54) is 18.2 Å². The Morgan fingerprint density at radius 2 is 1.85 bits per heavy atom. The number of carbonyl (C=O) groups excluding carboxylic acids is 2. The SMILES string of the molecule is Cc1ccc(C(=O)NC(CO)CO)cc1-c1c(C)[nH]c(=O)c(Cl)c1OCc1ccc(F)cc1CNC(=O)NC1CC1. The van der Waals surface area contributed by atoms with E-state index in [9.17, 15) is 29.0 Å². The third-order valence-electron chi connectivity index (χ3n) is 6.74. The van der Waals surface area contributed by atoms with Gasteiger partial charge in [-0.3, -0.25) is 9.59 Å². The second-order valence-electron chi connectivity index (χ2n) is 9.97. The zero-order valence-electron chi connectivity index (χ0n) is 22.6. The number of aliphatic hydroxyl groups is 2. The molecule has 1 aliphatic carbocycles. The molecule has 2 aromatic carbocycles. The molecule has 0 spiro atoms. The van der Waals surface area contributed by atoms with Gasteiger partial charge in [-0.05, 0) is 73.2 Å². The molecule has 12 heteroatoms. The molecule has 3 amide bonds. The second kappa shape index (κ2) is 13.2. The number of H-pyrrole nitrogens is 1. The number of urea groups is 1. The number of benzene rings is 2. The first-order valence-electron chi connectivity index (χ1n) is 13.1. The number of aromatic amines is 1. The van der Waals surface area contributed by atoms with Gasteiger partial charge in [0.15, 0.2) is 5.75 Å². The molecule has 0 bridgehead atoms. The van der Waals surface area contributed by atoms with Crippen molar-refractivity contribution in [2.75, 3.05) is 13.2 Å². The number of rotatable bonds is 11. The average Bonchev–Trinajstić information content (AvgIpc) is 3.76. The van der Waals surface area contributed by atoms with Gasteiger partial charge < -0.3 is 35.9 Å². The van der Waals surface area contributed by atoms with Crippen LogP contribution in [-0.4, -0.2) is 52.4 Å². The predicted octanol–water partition coefficient (Wildman–Crippen LogP) is 3.07. The molecule has 1 aromatic heterocycles. The van der Waals surface area contributed by atoms with Crippen molar-refractivity contribution in [3.8, 4) is 16.9 Å². The lowest BCUT2D eigenvalue weighted by atomic mass is 9.96. The number of aliphatic hydroxyl groups excluding tert-OH is 2. The highest BCUT2D eigenvalue weighted by Crippen LogP contribution is 2.38. The first kappa shape index (κ1) is 30.0. The zero-order valence-corrected chi connectivity index (χ0v) is 23.4. The summed E-state index contributed by atoms with van der Waals surface area (Å²) in [5, 5.41) is 26.5. The van der Waals surface area contributed by atoms with Crippen LogP contribution in [0.25, 0.3) is 11.1 Å². The van der Waals surface area contributed by atoms with Crippen molar-refractivity contribution in [1.82, 2.24) is 20.9 Å². The lowest BCUT2D eigenvalue weighted by Gasteiger charge is -2.19. The van der Waals surface area contributed by atoms with Gasteiger partial charge in [0.1, 0.15) is 17.4 Å². The van der Waals surface area contributed by atoms with Crippen LogP contribution in [0.4, 0.5) is 9.18 Å². The van der Waals surface area contributed by atoms with Crippen molar-refractivity contribution in [2.24, 2.45) is 0 Å². The van der Waals surface area contributed by atoms with E-state index < -0.39 is 36.5 Å². The monoisotopic (exact) mass is 586 g/mol. The molecule has 0 unspecified atom stereocenters. The van der Waals surface area contributed by atoms with Gasteiger partial charge >= 0.3 is 6.03 Å². The number of pyridine rings is 1. The zero-order chi connectivity index (χ0) is 29.7. The lowest BCUT2D eigenvalue weighted by Crippen LogP contribution is -2.40. The maximum atomic E-state index is 14.1. The van der Waals surface area contributed by atoms with Crippen LogP contribution >= 0.6 is 11.6 Å². The summed E-state index contributed by atoms with van der Waals surface area (Å²) in [6, 6.07) is 8.04. The number of hydrogen-bond donors (Lipinski definition) is 6. The van der Waals surface area contributed by atoms with Crippen LogP contribution < -0.4 is 26.2 Å². The van der Waals surface area contributed by atoms with Crippen molar-refractivity contribution in [2.45, 2.75) is 51.9 Å². The second-order valence-corrected chi connectivity index (χ2v) is 10.3. The Balaban J connectivity index is 1.65. The highest BCUT2D eigenvalue weighted by Gasteiger charge is 2.24. The van der Waals surface area contributed by atoms with E-state index in [0.717, 1.165) is 18.4 Å². The first-order valence-corrected chi connectivity index (χ1v) is 13.5. The van der Waals surface area contributed by atoms with Gasteiger partial charge in [0.05, 0.1) is 19.3 Å². The largest absolute Gasteiger partial charge is 0.486 e. The molecular weight excluding hydrogens is 555 g/mol. The minimum absolute atomic E-state index is 0.0585. The Kier molecular flexibility index (Phi) is 9.64. The van der Waals surface area contributed by atoms with Gasteiger partial charge in [0.2, 0.25) is 0 Å². The molecule has 0 saturated heterocycles. The highest BCUT2D eigenvalue weighted by atomic mass is 35.5. The van der Waals surface area contributed by atoms with Gasteiger partial charge in [0.25, 0.3) is 11.5 Å². The Morgan fingerprint density at radius 1 is 1.12 bits per heavy atom. The smallest absolute Gasteiger partial charge is 0.315 e. The molecule has 218 valence electrons. The van der Waals surface area contributed by atoms with Gasteiger partial charge in [-0.1, -0.05) is 23.7 Å². The highest BCUT2D eigenvalue weighted by molar-refractivity contribution is 6.32. The molecule has 1 heterocycles. The molecule has 0 aliphatic heterocycles. The van der Waals surface area contributed by atoms with Crippen molar-refractivity contribution in [3.05, 3.63) is 85.5 Å². The standard InChI is InChI=1S/C29H32ClFN4O6/c1-15-3-4-17(27(38)34-22(12-36)13-37)10-23(15)24-16(2)33-28(39)25(30)26(24)41-14-18-5-6-20(31)9-19(18)11-32-29(40)35-21-7-8-21/h3-6,9-10,21-22,36-37H,7-8,11-14H2,1-2H3,(H,33,39)(H,34,38)(H2,32,35,40). The molecule has 10 nitrogen and oxygen atoms in total. The average molecular weight is 587 g/mol. The Morgan fingerprint density at radius 3 is 2.54 bits per heavy atom. The van der Waals surface area contributed by atoms with Crippen molar-refractivity contribution in [3.63, 3.8) is 0 Å². The maximum Gasteiger partial charge on any atom is 0.315 e. The van der Waals surface area contributed by atoms with E-state index in [1.54, 1.807) is 25.1 Å². The normalized spacial score (nSPS) is 12.8. The third kappa shape index (κ3) is 7.43. The van der Waals surface area contributed by atoms with Gasteiger partial charge in [-0.25, -0.2) is 9.18 Å². The minimum Gasteiger partial charge on any atom is -0.486 e. The minimum atomic E-state index is -0.824. The molecule has 0 radical (unpaired) electrons. The van der Waals surface area contributed by atoms with Crippen molar-refractivity contribution >= 4 is 23.5 Å². The first-order chi connectivity index (χ1) is 19.6. The summed E-state index contributed by atoms with van der Waals surface area (Å²) in [5.74, 6) is -0.912. The van der Waals surface area contributed by atoms with E-state index in [2.05, 4.69) is 20.9 Å². The van der Waals surface area contributed by atoms with E-state index in [-0.39, 0.29) is 41.6 Å². The number of amides is 3.